The predicted molar refractivity (Wildman–Crippen MR) is 71.2 cm³/mol. The lowest BCUT2D eigenvalue weighted by molar-refractivity contribution is 0.274. The first-order chi connectivity index (χ1) is 8.02. The Bertz CT molecular complexity index is 410. The highest BCUT2D eigenvalue weighted by Crippen LogP contribution is 2.30. The van der Waals surface area contributed by atoms with E-state index >= 15 is 0 Å². The molecule has 1 fully saturated rings. The van der Waals surface area contributed by atoms with Crippen molar-refractivity contribution in [3.8, 4) is 0 Å². The van der Waals surface area contributed by atoms with Crippen LogP contribution in [0.3, 0.4) is 0 Å². The van der Waals surface area contributed by atoms with Crippen LogP contribution in [0.5, 0.6) is 0 Å². The molecule has 1 aliphatic rings. The molecule has 2 rings (SSSR count). The highest BCUT2D eigenvalue weighted by atomic mass is 79.9. The molecule has 0 bridgehead atoms. The molecule has 1 aromatic rings. The highest BCUT2D eigenvalue weighted by molar-refractivity contribution is 9.10. The Morgan fingerprint density at radius 2 is 2.29 bits per heavy atom. The first-order valence-corrected chi connectivity index (χ1v) is 6.68. The molecule has 1 unspecified atom stereocenters. The van der Waals surface area contributed by atoms with Gasteiger partial charge in [0, 0.05) is 17.6 Å². The van der Waals surface area contributed by atoms with E-state index in [-0.39, 0.29) is 11.2 Å². The van der Waals surface area contributed by atoms with Crippen molar-refractivity contribution in [2.24, 2.45) is 11.1 Å². The van der Waals surface area contributed by atoms with E-state index in [2.05, 4.69) is 27.8 Å². The molecule has 1 heterocycles. The summed E-state index contributed by atoms with van der Waals surface area (Å²) in [5.74, 6) is -0.200. The molecule has 1 saturated heterocycles. The summed E-state index contributed by atoms with van der Waals surface area (Å²) in [6.07, 6.45) is 1.14. The second-order valence-corrected chi connectivity index (χ2v) is 6.07. The molecule has 1 aliphatic heterocycles. The number of nitrogens with zero attached hydrogens (tertiary/aromatic N) is 1. The minimum Gasteiger partial charge on any atom is -0.330 e. The van der Waals surface area contributed by atoms with Gasteiger partial charge in [-0.15, -0.1) is 0 Å². The van der Waals surface area contributed by atoms with Crippen LogP contribution in [0.15, 0.2) is 22.7 Å². The maximum Gasteiger partial charge on any atom is 0.124 e. The summed E-state index contributed by atoms with van der Waals surface area (Å²) < 4.78 is 13.8. The summed E-state index contributed by atoms with van der Waals surface area (Å²) in [4.78, 5) is 2.38. The average Bonchev–Trinajstić information content (AvgIpc) is 2.66. The SMILES string of the molecule is CC1(CN)CCN(Cc2ccc(F)cc2Br)C1. The molecule has 17 heavy (non-hydrogen) atoms. The van der Waals surface area contributed by atoms with Crippen LogP contribution in [0.4, 0.5) is 4.39 Å². The van der Waals surface area contributed by atoms with Gasteiger partial charge >= 0.3 is 0 Å². The van der Waals surface area contributed by atoms with Gasteiger partial charge in [0.2, 0.25) is 0 Å². The van der Waals surface area contributed by atoms with E-state index in [9.17, 15) is 4.39 Å². The molecule has 0 aromatic heterocycles. The van der Waals surface area contributed by atoms with Crippen LogP contribution in [-0.4, -0.2) is 24.5 Å². The molecule has 94 valence electrons. The van der Waals surface area contributed by atoms with Crippen molar-refractivity contribution in [3.05, 3.63) is 34.1 Å². The minimum atomic E-state index is -0.200. The van der Waals surface area contributed by atoms with Crippen molar-refractivity contribution in [1.82, 2.24) is 4.90 Å². The number of halogens is 2. The van der Waals surface area contributed by atoms with E-state index in [0.29, 0.717) is 0 Å². The van der Waals surface area contributed by atoms with E-state index < -0.39 is 0 Å². The number of rotatable bonds is 3. The van der Waals surface area contributed by atoms with Crippen LogP contribution in [0.1, 0.15) is 18.9 Å². The minimum absolute atomic E-state index is 0.200. The summed E-state index contributed by atoms with van der Waals surface area (Å²) in [7, 11) is 0. The summed E-state index contributed by atoms with van der Waals surface area (Å²) >= 11 is 3.41. The van der Waals surface area contributed by atoms with E-state index in [1.165, 1.54) is 12.1 Å². The molecular formula is C13H18BrFN2. The van der Waals surface area contributed by atoms with E-state index in [1.54, 1.807) is 0 Å². The topological polar surface area (TPSA) is 29.3 Å². The van der Waals surface area contributed by atoms with Crippen LogP contribution >= 0.6 is 15.9 Å². The Kier molecular flexibility index (Phi) is 3.85. The van der Waals surface area contributed by atoms with Gasteiger partial charge < -0.3 is 5.73 Å². The smallest absolute Gasteiger partial charge is 0.124 e. The maximum absolute atomic E-state index is 13.0. The monoisotopic (exact) mass is 300 g/mol. The van der Waals surface area contributed by atoms with Crippen molar-refractivity contribution in [1.29, 1.82) is 0 Å². The molecule has 0 aliphatic carbocycles. The van der Waals surface area contributed by atoms with Crippen LogP contribution in [-0.2, 0) is 6.54 Å². The van der Waals surface area contributed by atoms with Crippen LogP contribution in [0.2, 0.25) is 0 Å². The van der Waals surface area contributed by atoms with Gasteiger partial charge in [0.05, 0.1) is 0 Å². The lowest BCUT2D eigenvalue weighted by Gasteiger charge is -2.22. The second kappa shape index (κ2) is 5.04. The highest BCUT2D eigenvalue weighted by Gasteiger charge is 2.32. The van der Waals surface area contributed by atoms with Crippen LogP contribution in [0.25, 0.3) is 0 Å². The fourth-order valence-electron chi connectivity index (χ4n) is 2.32. The third-order valence-electron chi connectivity index (χ3n) is 3.54. The molecule has 0 spiro atoms. The van der Waals surface area contributed by atoms with Gasteiger partial charge in [-0.25, -0.2) is 4.39 Å². The largest absolute Gasteiger partial charge is 0.330 e. The lowest BCUT2D eigenvalue weighted by atomic mass is 9.90. The van der Waals surface area contributed by atoms with E-state index in [1.807, 2.05) is 6.07 Å². The van der Waals surface area contributed by atoms with Gasteiger partial charge in [0.1, 0.15) is 5.82 Å². The zero-order valence-electron chi connectivity index (χ0n) is 10.0. The zero-order chi connectivity index (χ0) is 12.5. The number of likely N-dealkylation sites (tertiary alicyclic amines) is 1. The normalized spacial score (nSPS) is 25.4. The molecule has 4 heteroatoms. The fourth-order valence-corrected chi connectivity index (χ4v) is 2.79. The summed E-state index contributed by atoms with van der Waals surface area (Å²) in [5.41, 5.74) is 7.16. The van der Waals surface area contributed by atoms with E-state index in [0.717, 1.165) is 42.6 Å². The standard InChI is InChI=1S/C13H18BrFN2/c1-13(8-16)4-5-17(9-13)7-10-2-3-11(15)6-12(10)14/h2-3,6H,4-5,7-9,16H2,1H3. The molecule has 1 atom stereocenters. The quantitative estimate of drug-likeness (QED) is 0.930. The predicted octanol–water partition coefficient (Wildman–Crippen LogP) is 2.76. The van der Waals surface area contributed by atoms with Crippen molar-refractivity contribution in [2.75, 3.05) is 19.6 Å². The van der Waals surface area contributed by atoms with Gasteiger partial charge in [-0.2, -0.15) is 0 Å². The molecular weight excluding hydrogens is 283 g/mol. The van der Waals surface area contributed by atoms with Gasteiger partial charge in [-0.3, -0.25) is 4.90 Å². The third kappa shape index (κ3) is 3.06. The first kappa shape index (κ1) is 13.0. The van der Waals surface area contributed by atoms with Gasteiger partial charge in [-0.1, -0.05) is 28.9 Å². The molecule has 0 amide bonds. The maximum atomic E-state index is 13.0. The van der Waals surface area contributed by atoms with Gasteiger partial charge in [0.25, 0.3) is 0 Å². The average molecular weight is 301 g/mol. The Morgan fingerprint density at radius 1 is 1.53 bits per heavy atom. The van der Waals surface area contributed by atoms with Crippen LogP contribution in [0, 0.1) is 11.2 Å². The molecule has 2 N–H and O–H groups in total. The van der Waals surface area contributed by atoms with Crippen molar-refractivity contribution < 1.29 is 4.39 Å². The second-order valence-electron chi connectivity index (χ2n) is 5.21. The van der Waals surface area contributed by atoms with Crippen LogP contribution < -0.4 is 5.73 Å². The van der Waals surface area contributed by atoms with Gasteiger partial charge in [0.15, 0.2) is 0 Å². The van der Waals surface area contributed by atoms with E-state index in [4.69, 9.17) is 5.73 Å². The Balaban J connectivity index is 2.03. The number of hydrogen-bond acceptors (Lipinski definition) is 2. The Labute approximate surface area is 110 Å². The zero-order valence-corrected chi connectivity index (χ0v) is 11.6. The third-order valence-corrected chi connectivity index (χ3v) is 4.28. The van der Waals surface area contributed by atoms with Crippen molar-refractivity contribution in [3.63, 3.8) is 0 Å². The van der Waals surface area contributed by atoms with Crippen molar-refractivity contribution >= 4 is 15.9 Å². The first-order valence-electron chi connectivity index (χ1n) is 5.89. The lowest BCUT2D eigenvalue weighted by Crippen LogP contribution is -2.31. The summed E-state index contributed by atoms with van der Waals surface area (Å²) in [6.45, 7) is 5.90. The number of nitrogens with two attached hydrogens (primary N) is 1. The molecule has 0 saturated carbocycles. The van der Waals surface area contributed by atoms with Crippen molar-refractivity contribution in [2.45, 2.75) is 19.9 Å². The Hall–Kier alpha value is -0.450. The molecule has 1 aromatic carbocycles. The summed E-state index contributed by atoms with van der Waals surface area (Å²) in [6, 6.07) is 4.88. The fraction of sp³-hybridized carbons (Fsp3) is 0.538. The molecule has 0 radical (unpaired) electrons. The number of hydrogen-bond donors (Lipinski definition) is 1. The summed E-state index contributed by atoms with van der Waals surface area (Å²) in [5, 5.41) is 0. The molecule has 2 nitrogen and oxygen atoms in total. The van der Waals surface area contributed by atoms with Gasteiger partial charge in [-0.05, 0) is 42.6 Å². The number of benzene rings is 1. The Morgan fingerprint density at radius 3 is 2.88 bits per heavy atom.